The van der Waals surface area contributed by atoms with E-state index >= 15 is 0 Å². The van der Waals surface area contributed by atoms with Crippen molar-refractivity contribution in [3.63, 3.8) is 0 Å². The molecule has 16 heavy (non-hydrogen) atoms. The van der Waals surface area contributed by atoms with Crippen LogP contribution in [0.4, 0.5) is 0 Å². The summed E-state index contributed by atoms with van der Waals surface area (Å²) in [6.07, 6.45) is 0. The van der Waals surface area contributed by atoms with E-state index in [2.05, 4.69) is 5.32 Å². The maximum atomic E-state index is 11.7. The first-order chi connectivity index (χ1) is 7.49. The van der Waals surface area contributed by atoms with E-state index < -0.39 is 15.9 Å². The fourth-order valence-electron chi connectivity index (χ4n) is 1.22. The van der Waals surface area contributed by atoms with Gasteiger partial charge in [-0.15, -0.1) is 0 Å². The minimum Gasteiger partial charge on any atom is -0.303 e. The molecule has 0 spiro atoms. The highest BCUT2D eigenvalue weighted by Crippen LogP contribution is 2.10. The number of carbonyl (C=O) groups excluding carboxylic acids is 1. The molecule has 0 radical (unpaired) electrons. The van der Waals surface area contributed by atoms with E-state index in [-0.39, 0.29) is 10.9 Å². The number of aryl methyl sites for hydroxylation is 1. The number of hydrogen-bond donors (Lipinski definition) is 2. The molecule has 2 N–H and O–H groups in total. The van der Waals surface area contributed by atoms with Crippen LogP contribution in [0.5, 0.6) is 0 Å². The van der Waals surface area contributed by atoms with Gasteiger partial charge in [0.2, 0.25) is 0 Å². The first-order valence-electron chi connectivity index (χ1n) is 4.86. The average Bonchev–Trinajstić information content (AvgIpc) is 3.00. The molecule has 1 amide bonds. The molecule has 1 unspecified atom stereocenters. The topological polar surface area (TPSA) is 85.2 Å². The van der Waals surface area contributed by atoms with Gasteiger partial charge < -0.3 is 5.32 Å². The third-order valence-corrected chi connectivity index (χ3v) is 3.65. The molecule has 0 saturated carbocycles. The quantitative estimate of drug-likeness (QED) is 0.715. The Morgan fingerprint density at radius 1 is 1.38 bits per heavy atom. The normalized spacial score (nSPS) is 19.2. The summed E-state index contributed by atoms with van der Waals surface area (Å²) in [5.41, 5.74) is 0.967. The van der Waals surface area contributed by atoms with E-state index in [1.807, 2.05) is 11.6 Å². The Hall–Kier alpha value is -1.40. The molecule has 1 aromatic rings. The molecule has 86 valence electrons. The Balaban J connectivity index is 2.17. The van der Waals surface area contributed by atoms with Crippen LogP contribution in [-0.2, 0) is 14.8 Å². The summed E-state index contributed by atoms with van der Waals surface area (Å²) in [4.78, 5) is 11.4. The van der Waals surface area contributed by atoms with Crippen molar-refractivity contribution in [1.29, 1.82) is 0 Å². The van der Waals surface area contributed by atoms with Gasteiger partial charge in [-0.1, -0.05) is 17.7 Å². The molecule has 1 aliphatic rings. The van der Waals surface area contributed by atoms with Crippen molar-refractivity contribution in [2.45, 2.75) is 17.9 Å². The third kappa shape index (κ3) is 2.40. The lowest BCUT2D eigenvalue weighted by Crippen LogP contribution is -2.34. The zero-order valence-electron chi connectivity index (χ0n) is 8.73. The second-order valence-electron chi connectivity index (χ2n) is 3.74. The first-order valence-corrected chi connectivity index (χ1v) is 6.34. The van der Waals surface area contributed by atoms with Crippen LogP contribution in [0.25, 0.3) is 0 Å². The third-order valence-electron chi connectivity index (χ3n) is 2.29. The van der Waals surface area contributed by atoms with Gasteiger partial charge in [0.05, 0.1) is 4.90 Å². The number of benzene rings is 1. The fourth-order valence-corrected chi connectivity index (χ4v) is 2.24. The molecule has 1 aliphatic heterocycles. The number of amides is 1. The molecule has 1 heterocycles. The number of hydrogen-bond acceptors (Lipinski definition) is 4. The van der Waals surface area contributed by atoms with Gasteiger partial charge >= 0.3 is 0 Å². The van der Waals surface area contributed by atoms with E-state index in [1.54, 1.807) is 12.1 Å². The van der Waals surface area contributed by atoms with Gasteiger partial charge in [0, 0.05) is 6.54 Å². The maximum Gasteiger partial charge on any atom is 0.264 e. The molecule has 1 fully saturated rings. The molecule has 0 aromatic heterocycles. The van der Waals surface area contributed by atoms with E-state index in [0.717, 1.165) is 5.56 Å². The van der Waals surface area contributed by atoms with E-state index in [1.165, 1.54) is 12.1 Å². The summed E-state index contributed by atoms with van der Waals surface area (Å²) in [5, 5.41) is 2.74. The SMILES string of the molecule is Cc1ccc(S(=O)(=O)NC(=O)C2CN2)cc1. The van der Waals surface area contributed by atoms with Gasteiger partial charge in [-0.05, 0) is 19.1 Å². The Morgan fingerprint density at radius 3 is 2.44 bits per heavy atom. The average molecular weight is 240 g/mol. The highest BCUT2D eigenvalue weighted by atomic mass is 32.2. The zero-order chi connectivity index (χ0) is 11.8. The predicted octanol–water partition coefficient (Wildman–Crippen LogP) is -0.228. The van der Waals surface area contributed by atoms with E-state index in [4.69, 9.17) is 0 Å². The summed E-state index contributed by atoms with van der Waals surface area (Å²) in [6, 6.07) is 5.97. The standard InChI is InChI=1S/C10H12N2O3S/c1-7-2-4-8(5-3-7)16(14,15)12-10(13)9-6-11-9/h2-5,9,11H,6H2,1H3,(H,12,13). The highest BCUT2D eigenvalue weighted by molar-refractivity contribution is 7.90. The number of carbonyl (C=O) groups is 1. The Labute approximate surface area is 93.9 Å². The molecule has 5 nitrogen and oxygen atoms in total. The van der Waals surface area contributed by atoms with E-state index in [9.17, 15) is 13.2 Å². The molecule has 6 heteroatoms. The second-order valence-corrected chi connectivity index (χ2v) is 5.43. The second kappa shape index (κ2) is 3.88. The molecule has 0 aliphatic carbocycles. The van der Waals surface area contributed by atoms with Crippen molar-refractivity contribution in [3.05, 3.63) is 29.8 Å². The van der Waals surface area contributed by atoms with Gasteiger partial charge in [0.1, 0.15) is 6.04 Å². The molecule has 0 bridgehead atoms. The summed E-state index contributed by atoms with van der Waals surface area (Å²) in [7, 11) is -3.72. The van der Waals surface area contributed by atoms with Crippen LogP contribution in [-0.4, -0.2) is 26.9 Å². The Morgan fingerprint density at radius 2 is 1.94 bits per heavy atom. The molecule has 2 rings (SSSR count). The van der Waals surface area contributed by atoms with Crippen LogP contribution >= 0.6 is 0 Å². The molecule has 1 aromatic carbocycles. The summed E-state index contributed by atoms with van der Waals surface area (Å²) < 4.78 is 25.5. The number of rotatable bonds is 3. The smallest absolute Gasteiger partial charge is 0.264 e. The Bertz CT molecular complexity index is 503. The highest BCUT2D eigenvalue weighted by Gasteiger charge is 2.31. The van der Waals surface area contributed by atoms with Crippen molar-refractivity contribution in [1.82, 2.24) is 10.0 Å². The van der Waals surface area contributed by atoms with Crippen LogP contribution in [0, 0.1) is 6.92 Å². The predicted molar refractivity (Wildman–Crippen MR) is 58.3 cm³/mol. The summed E-state index contributed by atoms with van der Waals surface area (Å²) in [5.74, 6) is -0.499. The van der Waals surface area contributed by atoms with Crippen molar-refractivity contribution in [2.24, 2.45) is 0 Å². The molecule has 1 saturated heterocycles. The van der Waals surface area contributed by atoms with Gasteiger partial charge in [0.15, 0.2) is 0 Å². The zero-order valence-corrected chi connectivity index (χ0v) is 9.54. The minimum absolute atomic E-state index is 0.104. The molecular formula is C10H12N2O3S. The first kappa shape index (κ1) is 11.1. The fraction of sp³-hybridized carbons (Fsp3) is 0.300. The van der Waals surface area contributed by atoms with Crippen molar-refractivity contribution >= 4 is 15.9 Å². The lowest BCUT2D eigenvalue weighted by Gasteiger charge is -2.05. The molecular weight excluding hydrogens is 228 g/mol. The lowest BCUT2D eigenvalue weighted by molar-refractivity contribution is -0.118. The monoisotopic (exact) mass is 240 g/mol. The van der Waals surface area contributed by atoms with Gasteiger partial charge in [-0.3, -0.25) is 4.79 Å². The largest absolute Gasteiger partial charge is 0.303 e. The summed E-state index contributed by atoms with van der Waals surface area (Å²) in [6.45, 7) is 2.40. The van der Waals surface area contributed by atoms with Crippen LogP contribution < -0.4 is 10.0 Å². The van der Waals surface area contributed by atoms with Gasteiger partial charge in [-0.2, -0.15) is 0 Å². The molecule has 1 atom stereocenters. The maximum absolute atomic E-state index is 11.7. The van der Waals surface area contributed by atoms with Crippen molar-refractivity contribution in [3.8, 4) is 0 Å². The van der Waals surface area contributed by atoms with Crippen LogP contribution in [0.2, 0.25) is 0 Å². The lowest BCUT2D eigenvalue weighted by atomic mass is 10.2. The van der Waals surface area contributed by atoms with Crippen LogP contribution in [0.1, 0.15) is 5.56 Å². The van der Waals surface area contributed by atoms with Gasteiger partial charge in [0.25, 0.3) is 15.9 Å². The van der Waals surface area contributed by atoms with Gasteiger partial charge in [-0.25, -0.2) is 13.1 Å². The van der Waals surface area contributed by atoms with E-state index in [0.29, 0.717) is 6.54 Å². The van der Waals surface area contributed by atoms with Crippen molar-refractivity contribution < 1.29 is 13.2 Å². The minimum atomic E-state index is -3.72. The summed E-state index contributed by atoms with van der Waals surface area (Å²) >= 11 is 0. The number of sulfonamides is 1. The van der Waals surface area contributed by atoms with Crippen LogP contribution in [0.3, 0.4) is 0 Å². The Kier molecular flexibility index (Phi) is 2.69. The number of nitrogens with one attached hydrogen (secondary N) is 2. The van der Waals surface area contributed by atoms with Crippen LogP contribution in [0.15, 0.2) is 29.2 Å². The van der Waals surface area contributed by atoms with Crippen molar-refractivity contribution in [2.75, 3.05) is 6.54 Å².